The summed E-state index contributed by atoms with van der Waals surface area (Å²) in [4.78, 5) is 14.7. The first kappa shape index (κ1) is 17.1. The van der Waals surface area contributed by atoms with E-state index in [-0.39, 0.29) is 11.5 Å². The van der Waals surface area contributed by atoms with Crippen LogP contribution in [0.3, 0.4) is 0 Å². The van der Waals surface area contributed by atoms with E-state index in [0.29, 0.717) is 22.4 Å². The van der Waals surface area contributed by atoms with Crippen molar-refractivity contribution in [3.8, 4) is 28.5 Å². The average molecular weight is 344 g/mol. The number of nitrogens with two attached hydrogens (primary N) is 1. The molecule has 0 fully saturated rings. The molecule has 3 rings (SSSR count). The average Bonchev–Trinajstić information content (AvgIpc) is 2.61. The molecule has 0 atom stereocenters. The van der Waals surface area contributed by atoms with Crippen LogP contribution in [0, 0.1) is 35.3 Å². The molecule has 0 saturated carbocycles. The van der Waals surface area contributed by atoms with E-state index in [9.17, 15) is 15.4 Å². The molecule has 0 aliphatic heterocycles. The van der Waals surface area contributed by atoms with Crippen molar-refractivity contribution in [3.63, 3.8) is 0 Å². The first-order valence-electron chi connectivity index (χ1n) is 7.94. The van der Waals surface area contributed by atoms with Crippen molar-refractivity contribution >= 4 is 11.5 Å². The van der Waals surface area contributed by atoms with Crippen LogP contribution in [0.2, 0.25) is 0 Å². The van der Waals surface area contributed by atoms with Gasteiger partial charge in [0.25, 0.3) is 5.69 Å². The number of hydrogen-bond donors (Lipinski definition) is 1. The number of non-ortho nitro benzene ring substituents is 1. The van der Waals surface area contributed by atoms with E-state index in [2.05, 4.69) is 11.1 Å². The third-order valence-electron chi connectivity index (χ3n) is 4.21. The third kappa shape index (κ3) is 3.10. The number of nitriles is 1. The van der Waals surface area contributed by atoms with Gasteiger partial charge < -0.3 is 5.73 Å². The molecular weight excluding hydrogens is 328 g/mol. The Balaban J connectivity index is 2.19. The number of hydrogen-bond acceptors (Lipinski definition) is 5. The summed E-state index contributed by atoms with van der Waals surface area (Å²) < 4.78 is 0. The molecule has 1 aromatic heterocycles. The van der Waals surface area contributed by atoms with E-state index in [1.165, 1.54) is 12.1 Å². The lowest BCUT2D eigenvalue weighted by atomic mass is 9.94. The zero-order chi connectivity index (χ0) is 18.8. The highest BCUT2D eigenvalue weighted by atomic mass is 16.6. The normalized spacial score (nSPS) is 10.3. The van der Waals surface area contributed by atoms with Crippen molar-refractivity contribution in [2.75, 3.05) is 5.73 Å². The lowest BCUT2D eigenvalue weighted by Crippen LogP contribution is -2.00. The monoisotopic (exact) mass is 344 g/mol. The Labute approximate surface area is 150 Å². The smallest absolute Gasteiger partial charge is 0.269 e. The molecule has 2 N–H and O–H groups in total. The van der Waals surface area contributed by atoms with Crippen molar-refractivity contribution in [3.05, 3.63) is 75.3 Å². The molecule has 26 heavy (non-hydrogen) atoms. The molecule has 0 bridgehead atoms. The van der Waals surface area contributed by atoms with Gasteiger partial charge in [-0.25, -0.2) is 4.98 Å². The van der Waals surface area contributed by atoms with Crippen LogP contribution in [0.25, 0.3) is 22.4 Å². The maximum atomic E-state index is 10.8. The minimum atomic E-state index is -0.453. The standard InChI is InChI=1S/C20H16N4O2/c1-12-3-8-16(13(2)9-12)17-10-19(23-20(22)18(17)11-21)14-4-6-15(7-5-14)24(25)26/h3-10H,1-2H3,(H2,22,23). The summed E-state index contributed by atoms with van der Waals surface area (Å²) in [5.41, 5.74) is 11.4. The van der Waals surface area contributed by atoms with Crippen molar-refractivity contribution in [2.45, 2.75) is 13.8 Å². The van der Waals surface area contributed by atoms with Crippen LogP contribution in [-0.4, -0.2) is 9.91 Å². The summed E-state index contributed by atoms with van der Waals surface area (Å²) in [6.45, 7) is 3.98. The Morgan fingerprint density at radius 2 is 1.77 bits per heavy atom. The molecule has 128 valence electrons. The molecule has 0 amide bonds. The number of aryl methyl sites for hydroxylation is 2. The van der Waals surface area contributed by atoms with Crippen LogP contribution in [0.1, 0.15) is 16.7 Å². The molecule has 3 aromatic rings. The first-order chi connectivity index (χ1) is 12.4. The van der Waals surface area contributed by atoms with E-state index in [1.54, 1.807) is 18.2 Å². The van der Waals surface area contributed by atoms with Crippen molar-refractivity contribution < 1.29 is 4.92 Å². The molecule has 6 heteroatoms. The van der Waals surface area contributed by atoms with Gasteiger partial charge in [0.1, 0.15) is 17.5 Å². The van der Waals surface area contributed by atoms with Gasteiger partial charge in [-0.05, 0) is 43.2 Å². The quantitative estimate of drug-likeness (QED) is 0.560. The van der Waals surface area contributed by atoms with Crippen LogP contribution in [0.15, 0.2) is 48.5 Å². The van der Waals surface area contributed by atoms with E-state index in [4.69, 9.17) is 5.73 Å². The molecule has 6 nitrogen and oxygen atoms in total. The Morgan fingerprint density at radius 3 is 2.35 bits per heavy atom. The van der Waals surface area contributed by atoms with Crippen LogP contribution in [-0.2, 0) is 0 Å². The first-order valence-corrected chi connectivity index (χ1v) is 7.94. The number of anilines is 1. The molecule has 0 radical (unpaired) electrons. The third-order valence-corrected chi connectivity index (χ3v) is 4.21. The van der Waals surface area contributed by atoms with Gasteiger partial charge in [-0.2, -0.15) is 5.26 Å². The van der Waals surface area contributed by atoms with Gasteiger partial charge in [-0.3, -0.25) is 10.1 Å². The second kappa shape index (κ2) is 6.65. The van der Waals surface area contributed by atoms with Gasteiger partial charge in [-0.1, -0.05) is 23.8 Å². The fraction of sp³-hybridized carbons (Fsp3) is 0.100. The highest BCUT2D eigenvalue weighted by Crippen LogP contribution is 2.33. The van der Waals surface area contributed by atoms with Gasteiger partial charge in [-0.15, -0.1) is 0 Å². The van der Waals surface area contributed by atoms with Crippen molar-refractivity contribution in [1.29, 1.82) is 5.26 Å². The number of nitrogens with zero attached hydrogens (tertiary/aromatic N) is 3. The Bertz CT molecular complexity index is 1050. The lowest BCUT2D eigenvalue weighted by molar-refractivity contribution is -0.384. The molecule has 1 heterocycles. The highest BCUT2D eigenvalue weighted by Gasteiger charge is 2.15. The minimum Gasteiger partial charge on any atom is -0.383 e. The predicted octanol–water partition coefficient (Wildman–Crippen LogP) is 4.39. The summed E-state index contributed by atoms with van der Waals surface area (Å²) in [6.07, 6.45) is 0. The number of aromatic nitrogens is 1. The maximum absolute atomic E-state index is 10.8. The SMILES string of the molecule is Cc1ccc(-c2cc(-c3ccc([N+](=O)[O-])cc3)nc(N)c2C#N)c(C)c1. The molecular formula is C20H16N4O2. The molecule has 0 aliphatic rings. The second-order valence-electron chi connectivity index (χ2n) is 6.05. The Morgan fingerprint density at radius 1 is 1.08 bits per heavy atom. The van der Waals surface area contributed by atoms with Gasteiger partial charge in [0, 0.05) is 23.3 Å². The molecule has 0 spiro atoms. The van der Waals surface area contributed by atoms with Crippen molar-refractivity contribution in [1.82, 2.24) is 4.98 Å². The van der Waals surface area contributed by atoms with Crippen LogP contribution >= 0.6 is 0 Å². The summed E-state index contributed by atoms with van der Waals surface area (Å²) in [5.74, 6) is 0.137. The zero-order valence-electron chi connectivity index (χ0n) is 14.4. The van der Waals surface area contributed by atoms with E-state index in [1.807, 2.05) is 32.0 Å². The fourth-order valence-corrected chi connectivity index (χ4v) is 2.91. The summed E-state index contributed by atoms with van der Waals surface area (Å²) in [7, 11) is 0. The summed E-state index contributed by atoms with van der Waals surface area (Å²) >= 11 is 0. The van der Waals surface area contributed by atoms with Crippen molar-refractivity contribution in [2.24, 2.45) is 0 Å². The number of rotatable bonds is 3. The molecule has 0 aliphatic carbocycles. The van der Waals surface area contributed by atoms with Crippen LogP contribution < -0.4 is 5.73 Å². The Kier molecular flexibility index (Phi) is 4.38. The fourth-order valence-electron chi connectivity index (χ4n) is 2.91. The van der Waals surface area contributed by atoms with Gasteiger partial charge >= 0.3 is 0 Å². The molecule has 2 aromatic carbocycles. The van der Waals surface area contributed by atoms with Crippen LogP contribution in [0.5, 0.6) is 0 Å². The molecule has 0 saturated heterocycles. The summed E-state index contributed by atoms with van der Waals surface area (Å²) in [5, 5.41) is 20.3. The Hall–Kier alpha value is -3.72. The number of nitro benzene ring substituents is 1. The highest BCUT2D eigenvalue weighted by molar-refractivity contribution is 5.81. The zero-order valence-corrected chi connectivity index (χ0v) is 14.4. The van der Waals surface area contributed by atoms with Gasteiger partial charge in [0.15, 0.2) is 0 Å². The van der Waals surface area contributed by atoms with Gasteiger partial charge in [0.2, 0.25) is 0 Å². The predicted molar refractivity (Wildman–Crippen MR) is 100 cm³/mol. The lowest BCUT2D eigenvalue weighted by Gasteiger charge is -2.13. The minimum absolute atomic E-state index is 0.00460. The van der Waals surface area contributed by atoms with Gasteiger partial charge in [0.05, 0.1) is 10.6 Å². The number of pyridine rings is 1. The van der Waals surface area contributed by atoms with E-state index in [0.717, 1.165) is 16.7 Å². The summed E-state index contributed by atoms with van der Waals surface area (Å²) in [6, 6.07) is 16.0. The topological polar surface area (TPSA) is 106 Å². The molecule has 0 unspecified atom stereocenters. The van der Waals surface area contributed by atoms with E-state index >= 15 is 0 Å². The van der Waals surface area contributed by atoms with Crippen LogP contribution in [0.4, 0.5) is 11.5 Å². The number of nitrogen functional groups attached to an aromatic ring is 1. The number of nitro groups is 1. The van der Waals surface area contributed by atoms with E-state index < -0.39 is 4.92 Å². The second-order valence-corrected chi connectivity index (χ2v) is 6.05. The number of benzene rings is 2. The largest absolute Gasteiger partial charge is 0.383 e. The maximum Gasteiger partial charge on any atom is 0.269 e.